The van der Waals surface area contributed by atoms with Crippen LogP contribution in [0.15, 0.2) is 24.3 Å². The Kier molecular flexibility index (Phi) is 5.54. The maximum Gasteiger partial charge on any atom is 0.338 e. The van der Waals surface area contributed by atoms with Crippen LogP contribution in [0, 0.1) is 11.3 Å². The Morgan fingerprint density at radius 1 is 1.27 bits per heavy atom. The molecule has 1 aromatic heterocycles. The van der Waals surface area contributed by atoms with Crippen LogP contribution in [0.25, 0.3) is 0 Å². The fourth-order valence-electron chi connectivity index (χ4n) is 2.84. The summed E-state index contributed by atoms with van der Waals surface area (Å²) in [5.74, 6) is -0.380. The second kappa shape index (κ2) is 8.02. The maximum atomic E-state index is 12.1. The van der Waals surface area contributed by atoms with Gasteiger partial charge in [-0.3, -0.25) is 4.79 Å². The maximum absolute atomic E-state index is 12.1. The van der Waals surface area contributed by atoms with Gasteiger partial charge in [0.1, 0.15) is 16.8 Å². The number of esters is 1. The molecule has 1 amide bonds. The molecule has 1 N–H and O–H groups in total. The predicted molar refractivity (Wildman–Crippen MR) is 97.6 cm³/mol. The highest BCUT2D eigenvalue weighted by atomic mass is 32.1. The zero-order chi connectivity index (χ0) is 18.5. The molecule has 0 bridgehead atoms. The minimum atomic E-state index is -0.586. The van der Waals surface area contributed by atoms with Gasteiger partial charge in [0, 0.05) is 4.88 Å². The lowest BCUT2D eigenvalue weighted by atomic mass is 10.1. The number of thiophene rings is 1. The molecule has 0 fully saturated rings. The van der Waals surface area contributed by atoms with E-state index in [4.69, 9.17) is 9.47 Å². The number of hydrogen-bond donors (Lipinski definition) is 1. The Balaban J connectivity index is 1.56. The summed E-state index contributed by atoms with van der Waals surface area (Å²) in [5, 5.41) is 12.5. The third-order valence-electron chi connectivity index (χ3n) is 4.02. The highest BCUT2D eigenvalue weighted by Gasteiger charge is 2.23. The van der Waals surface area contributed by atoms with Crippen molar-refractivity contribution in [1.82, 2.24) is 0 Å². The van der Waals surface area contributed by atoms with Gasteiger partial charge in [-0.25, -0.2) is 4.79 Å². The highest BCUT2D eigenvalue weighted by Crippen LogP contribution is 2.38. The summed E-state index contributed by atoms with van der Waals surface area (Å²) in [5.41, 5.74) is 1.92. The molecule has 0 aliphatic heterocycles. The van der Waals surface area contributed by atoms with Crippen LogP contribution in [0.3, 0.4) is 0 Å². The smallest absolute Gasteiger partial charge is 0.338 e. The molecule has 26 heavy (non-hydrogen) atoms. The lowest BCUT2D eigenvalue weighted by Gasteiger charge is -2.07. The van der Waals surface area contributed by atoms with E-state index in [1.54, 1.807) is 24.3 Å². The minimum absolute atomic E-state index is 0.342. The van der Waals surface area contributed by atoms with Crippen molar-refractivity contribution in [3.05, 3.63) is 45.8 Å². The summed E-state index contributed by atoms with van der Waals surface area (Å²) >= 11 is 1.43. The first-order valence-corrected chi connectivity index (χ1v) is 9.18. The monoisotopic (exact) mass is 370 g/mol. The number of nitrogens with zero attached hydrogens (tertiary/aromatic N) is 1. The van der Waals surface area contributed by atoms with Crippen LogP contribution >= 0.6 is 11.3 Å². The summed E-state index contributed by atoms with van der Waals surface area (Å²) in [6.45, 7) is 2.01. The van der Waals surface area contributed by atoms with Gasteiger partial charge in [0.25, 0.3) is 5.91 Å². The molecule has 0 atom stereocenters. The van der Waals surface area contributed by atoms with E-state index in [2.05, 4.69) is 11.4 Å². The zero-order valence-electron chi connectivity index (χ0n) is 14.3. The van der Waals surface area contributed by atoms with Gasteiger partial charge in [0.15, 0.2) is 6.61 Å². The molecule has 1 aromatic carbocycles. The Bertz CT molecular complexity index is 865. The normalized spacial score (nSPS) is 12.2. The minimum Gasteiger partial charge on any atom is -0.494 e. The average molecular weight is 370 g/mol. The number of benzene rings is 1. The number of amides is 1. The zero-order valence-corrected chi connectivity index (χ0v) is 15.1. The molecule has 1 heterocycles. The predicted octanol–water partition coefficient (Wildman–Crippen LogP) is 3.30. The van der Waals surface area contributed by atoms with Gasteiger partial charge in [0.2, 0.25) is 0 Å². The lowest BCUT2D eigenvalue weighted by molar-refractivity contribution is -0.119. The number of nitrogens with one attached hydrogen (secondary N) is 1. The van der Waals surface area contributed by atoms with Crippen LogP contribution < -0.4 is 10.1 Å². The number of aryl methyl sites for hydroxylation is 1. The molecule has 1 aliphatic rings. The molecular formula is C19H18N2O4S. The molecule has 0 saturated heterocycles. The summed E-state index contributed by atoms with van der Waals surface area (Å²) in [7, 11) is 0. The van der Waals surface area contributed by atoms with Gasteiger partial charge in [-0.1, -0.05) is 0 Å². The van der Waals surface area contributed by atoms with E-state index in [1.165, 1.54) is 11.3 Å². The Labute approximate surface area is 155 Å². The number of rotatable bonds is 6. The van der Waals surface area contributed by atoms with E-state index in [-0.39, 0.29) is 0 Å². The molecule has 7 heteroatoms. The van der Waals surface area contributed by atoms with Crippen molar-refractivity contribution in [2.45, 2.75) is 26.2 Å². The van der Waals surface area contributed by atoms with Crippen LogP contribution in [0.2, 0.25) is 0 Å². The van der Waals surface area contributed by atoms with E-state index >= 15 is 0 Å². The first-order chi connectivity index (χ1) is 12.6. The third kappa shape index (κ3) is 3.86. The molecule has 0 unspecified atom stereocenters. The fourth-order valence-corrected chi connectivity index (χ4v) is 4.10. The Morgan fingerprint density at radius 2 is 2.04 bits per heavy atom. The van der Waals surface area contributed by atoms with Gasteiger partial charge in [-0.15, -0.1) is 11.3 Å². The molecule has 3 rings (SSSR count). The number of ether oxygens (including phenoxy) is 2. The van der Waals surface area contributed by atoms with Crippen molar-refractivity contribution >= 4 is 28.2 Å². The molecular weight excluding hydrogens is 352 g/mol. The van der Waals surface area contributed by atoms with Gasteiger partial charge in [-0.2, -0.15) is 5.26 Å². The Hall–Kier alpha value is -2.85. The van der Waals surface area contributed by atoms with Crippen LogP contribution in [-0.2, 0) is 22.4 Å². The molecule has 2 aromatic rings. The lowest BCUT2D eigenvalue weighted by Crippen LogP contribution is -2.20. The van der Waals surface area contributed by atoms with E-state index in [1.807, 2.05) is 6.92 Å². The van der Waals surface area contributed by atoms with Crippen LogP contribution in [0.1, 0.15) is 39.7 Å². The number of fused-ring (bicyclic) bond motifs is 1. The molecule has 0 radical (unpaired) electrons. The summed E-state index contributed by atoms with van der Waals surface area (Å²) in [6.07, 6.45) is 2.86. The van der Waals surface area contributed by atoms with Crippen molar-refractivity contribution in [1.29, 1.82) is 5.26 Å². The van der Waals surface area contributed by atoms with Crippen molar-refractivity contribution in [3.8, 4) is 11.8 Å². The number of anilines is 1. The van der Waals surface area contributed by atoms with E-state index in [0.29, 0.717) is 28.5 Å². The molecule has 6 nitrogen and oxygen atoms in total. The van der Waals surface area contributed by atoms with Crippen LogP contribution in [-0.4, -0.2) is 25.1 Å². The van der Waals surface area contributed by atoms with Gasteiger partial charge >= 0.3 is 5.97 Å². The quantitative estimate of drug-likeness (QED) is 0.788. The topological polar surface area (TPSA) is 88.4 Å². The van der Waals surface area contributed by atoms with Crippen LogP contribution in [0.4, 0.5) is 5.00 Å². The fraction of sp³-hybridized carbons (Fsp3) is 0.316. The van der Waals surface area contributed by atoms with Gasteiger partial charge < -0.3 is 14.8 Å². The van der Waals surface area contributed by atoms with Gasteiger partial charge in [-0.05, 0) is 56.0 Å². The highest BCUT2D eigenvalue weighted by molar-refractivity contribution is 7.16. The largest absolute Gasteiger partial charge is 0.494 e. The standard InChI is InChI=1S/C19H18N2O4S/c1-2-24-13-8-6-12(7-9-13)19(23)25-11-17(22)21-18-15(10-20)14-4-3-5-16(14)26-18/h6-9H,2-5,11H2,1H3,(H,21,22). The SMILES string of the molecule is CCOc1ccc(C(=O)OCC(=O)Nc2sc3c(c2C#N)CCC3)cc1. The van der Waals surface area contributed by atoms with Crippen LogP contribution in [0.5, 0.6) is 5.75 Å². The molecule has 0 saturated carbocycles. The number of carbonyl (C=O) groups is 2. The summed E-state index contributed by atoms with van der Waals surface area (Å²) in [6, 6.07) is 8.68. The third-order valence-corrected chi connectivity index (χ3v) is 5.23. The summed E-state index contributed by atoms with van der Waals surface area (Å²) in [4.78, 5) is 25.2. The van der Waals surface area contributed by atoms with Crippen molar-refractivity contribution in [3.63, 3.8) is 0 Å². The molecule has 0 spiro atoms. The number of carbonyl (C=O) groups excluding carboxylic acids is 2. The van der Waals surface area contributed by atoms with E-state index in [9.17, 15) is 14.9 Å². The van der Waals surface area contributed by atoms with Crippen molar-refractivity contribution < 1.29 is 19.1 Å². The number of hydrogen-bond acceptors (Lipinski definition) is 6. The second-order valence-electron chi connectivity index (χ2n) is 5.75. The second-order valence-corrected chi connectivity index (χ2v) is 6.86. The van der Waals surface area contributed by atoms with E-state index < -0.39 is 18.5 Å². The first-order valence-electron chi connectivity index (χ1n) is 8.36. The van der Waals surface area contributed by atoms with Crippen molar-refractivity contribution in [2.24, 2.45) is 0 Å². The molecule has 1 aliphatic carbocycles. The summed E-state index contributed by atoms with van der Waals surface area (Å²) < 4.78 is 10.4. The molecule has 134 valence electrons. The number of nitriles is 1. The average Bonchev–Trinajstić information content (AvgIpc) is 3.21. The van der Waals surface area contributed by atoms with E-state index in [0.717, 1.165) is 29.7 Å². The van der Waals surface area contributed by atoms with Gasteiger partial charge in [0.05, 0.1) is 17.7 Å². The Morgan fingerprint density at radius 3 is 2.73 bits per heavy atom. The van der Waals surface area contributed by atoms with Crippen molar-refractivity contribution in [2.75, 3.05) is 18.5 Å². The first kappa shape index (κ1) is 18.0.